The molecule has 5 heteroatoms. The van der Waals surface area contributed by atoms with E-state index >= 15 is 0 Å². The molecule has 2 N–H and O–H groups in total. The van der Waals surface area contributed by atoms with Crippen molar-refractivity contribution in [1.29, 1.82) is 0 Å². The lowest BCUT2D eigenvalue weighted by molar-refractivity contribution is -0.142. The van der Waals surface area contributed by atoms with E-state index < -0.39 is 5.97 Å². The molecule has 0 spiro atoms. The van der Waals surface area contributed by atoms with Gasteiger partial charge >= 0.3 is 5.97 Å². The lowest BCUT2D eigenvalue weighted by Crippen LogP contribution is -2.29. The number of anilines is 1. The Balaban J connectivity index is 1.75. The van der Waals surface area contributed by atoms with E-state index in [1.54, 1.807) is 0 Å². The zero-order valence-electron chi connectivity index (χ0n) is 13.8. The summed E-state index contributed by atoms with van der Waals surface area (Å²) < 4.78 is 10.8. The highest BCUT2D eigenvalue weighted by Gasteiger charge is 2.25. The molecule has 0 heterocycles. The quantitative estimate of drug-likeness (QED) is 0.683. The van der Waals surface area contributed by atoms with Crippen molar-refractivity contribution in [3.8, 4) is 0 Å². The van der Waals surface area contributed by atoms with Gasteiger partial charge < -0.3 is 19.9 Å². The summed E-state index contributed by atoms with van der Waals surface area (Å²) in [5.41, 5.74) is 2.21. The van der Waals surface area contributed by atoms with Gasteiger partial charge in [-0.3, -0.25) is 4.79 Å². The first-order valence-electron chi connectivity index (χ1n) is 8.42. The highest BCUT2D eigenvalue weighted by Crippen LogP contribution is 2.27. The van der Waals surface area contributed by atoms with E-state index in [-0.39, 0.29) is 5.92 Å². The first kappa shape index (κ1) is 17.8. The van der Waals surface area contributed by atoms with Gasteiger partial charge in [0, 0.05) is 18.3 Å². The summed E-state index contributed by atoms with van der Waals surface area (Å²) in [4.78, 5) is 11.0. The van der Waals surface area contributed by atoms with Crippen molar-refractivity contribution >= 4 is 11.7 Å². The Kier molecular flexibility index (Phi) is 7.36. The van der Waals surface area contributed by atoms with E-state index in [0.29, 0.717) is 32.5 Å². The smallest absolute Gasteiger partial charge is 0.306 e. The number of carboxylic acid groups (broad SMARTS) is 1. The number of aliphatic carboxylic acids is 1. The van der Waals surface area contributed by atoms with Crippen molar-refractivity contribution < 1.29 is 19.4 Å². The summed E-state index contributed by atoms with van der Waals surface area (Å²) in [5, 5.41) is 12.6. The van der Waals surface area contributed by atoms with E-state index in [4.69, 9.17) is 14.6 Å². The van der Waals surface area contributed by atoms with Crippen molar-refractivity contribution in [3.63, 3.8) is 0 Å². The molecule has 1 saturated carbocycles. The Morgan fingerprint density at radius 3 is 2.65 bits per heavy atom. The van der Waals surface area contributed by atoms with Crippen LogP contribution in [0.1, 0.15) is 38.2 Å². The molecular weight excluding hydrogens is 294 g/mol. The molecule has 0 saturated heterocycles. The maximum absolute atomic E-state index is 11.0. The van der Waals surface area contributed by atoms with Crippen LogP contribution in [0.15, 0.2) is 24.3 Å². The molecule has 0 radical (unpaired) electrons. The molecular formula is C18H27NO4. The van der Waals surface area contributed by atoms with E-state index in [2.05, 4.69) is 11.4 Å². The first-order valence-corrected chi connectivity index (χ1v) is 8.42. The maximum atomic E-state index is 11.0. The maximum Gasteiger partial charge on any atom is 0.306 e. The predicted molar refractivity (Wildman–Crippen MR) is 89.6 cm³/mol. The van der Waals surface area contributed by atoms with Crippen molar-refractivity contribution in [1.82, 2.24) is 0 Å². The summed E-state index contributed by atoms with van der Waals surface area (Å²) >= 11 is 0. The Labute approximate surface area is 138 Å². The van der Waals surface area contributed by atoms with Crippen LogP contribution in [0.25, 0.3) is 0 Å². The number of rotatable bonds is 9. The van der Waals surface area contributed by atoms with Crippen LogP contribution in [0, 0.1) is 5.92 Å². The van der Waals surface area contributed by atoms with Gasteiger partial charge in [-0.2, -0.15) is 0 Å². The molecule has 1 aromatic rings. The van der Waals surface area contributed by atoms with Gasteiger partial charge in [-0.1, -0.05) is 12.1 Å². The molecule has 23 heavy (non-hydrogen) atoms. The first-order chi connectivity index (χ1) is 11.2. The van der Waals surface area contributed by atoms with E-state index in [9.17, 15) is 4.79 Å². The van der Waals surface area contributed by atoms with Gasteiger partial charge in [-0.15, -0.1) is 0 Å². The van der Waals surface area contributed by atoms with E-state index in [1.807, 2.05) is 25.1 Å². The molecule has 1 aromatic carbocycles. The second-order valence-corrected chi connectivity index (χ2v) is 5.98. The summed E-state index contributed by atoms with van der Waals surface area (Å²) in [5.74, 6) is -0.826. The van der Waals surface area contributed by atoms with Crippen molar-refractivity contribution in [2.75, 3.05) is 25.1 Å². The van der Waals surface area contributed by atoms with Gasteiger partial charge in [0.2, 0.25) is 0 Å². The Morgan fingerprint density at radius 1 is 1.22 bits per heavy atom. The van der Waals surface area contributed by atoms with Crippen LogP contribution >= 0.6 is 0 Å². The van der Waals surface area contributed by atoms with Gasteiger partial charge in [0.05, 0.1) is 25.7 Å². The van der Waals surface area contributed by atoms with Crippen LogP contribution in [0.4, 0.5) is 5.69 Å². The lowest BCUT2D eigenvalue weighted by Gasteiger charge is -2.27. The fraction of sp³-hybridized carbons (Fsp3) is 0.611. The fourth-order valence-electron chi connectivity index (χ4n) is 2.92. The third-order valence-electron chi connectivity index (χ3n) is 4.22. The number of carbonyl (C=O) groups is 1. The molecule has 1 fully saturated rings. The van der Waals surface area contributed by atoms with Gasteiger partial charge in [0.1, 0.15) is 0 Å². The molecule has 0 unspecified atom stereocenters. The molecule has 0 bridgehead atoms. The Bertz CT molecular complexity index is 484. The number of hydrogen-bond donors (Lipinski definition) is 2. The minimum atomic E-state index is -0.658. The van der Waals surface area contributed by atoms with E-state index in [1.165, 1.54) is 0 Å². The minimum Gasteiger partial charge on any atom is -0.481 e. The van der Waals surface area contributed by atoms with Gasteiger partial charge in [-0.05, 0) is 50.3 Å². The molecule has 0 amide bonds. The topological polar surface area (TPSA) is 67.8 Å². The van der Waals surface area contributed by atoms with Crippen LogP contribution in [0.3, 0.4) is 0 Å². The highest BCUT2D eigenvalue weighted by atomic mass is 16.5. The second-order valence-electron chi connectivity index (χ2n) is 5.98. The predicted octanol–water partition coefficient (Wildman–Crippen LogP) is 3.30. The SMILES string of the molecule is CCOCCOCc1cccc(NC2CCC(C(=O)O)CC2)c1. The van der Waals surface area contributed by atoms with Crippen molar-refractivity contribution in [2.45, 2.75) is 45.3 Å². The normalized spacial score (nSPS) is 21.1. The molecule has 1 aliphatic carbocycles. The zero-order valence-corrected chi connectivity index (χ0v) is 13.8. The number of nitrogens with one attached hydrogen (secondary N) is 1. The fourth-order valence-corrected chi connectivity index (χ4v) is 2.92. The number of carboxylic acids is 1. The average molecular weight is 321 g/mol. The molecule has 5 nitrogen and oxygen atoms in total. The Morgan fingerprint density at radius 2 is 1.96 bits per heavy atom. The third kappa shape index (κ3) is 6.20. The van der Waals surface area contributed by atoms with Crippen molar-refractivity contribution in [2.24, 2.45) is 5.92 Å². The molecule has 0 aliphatic heterocycles. The lowest BCUT2D eigenvalue weighted by atomic mass is 9.86. The molecule has 2 rings (SSSR count). The van der Waals surface area contributed by atoms with E-state index in [0.717, 1.165) is 36.9 Å². The molecule has 0 atom stereocenters. The largest absolute Gasteiger partial charge is 0.481 e. The van der Waals surface area contributed by atoms with Crippen LogP contribution in [0.5, 0.6) is 0 Å². The van der Waals surface area contributed by atoms with Crippen LogP contribution in [-0.2, 0) is 20.9 Å². The minimum absolute atomic E-state index is 0.168. The van der Waals surface area contributed by atoms with Gasteiger partial charge in [-0.25, -0.2) is 0 Å². The molecule has 1 aliphatic rings. The van der Waals surface area contributed by atoms with Crippen molar-refractivity contribution in [3.05, 3.63) is 29.8 Å². The number of ether oxygens (including phenoxy) is 2. The third-order valence-corrected chi connectivity index (χ3v) is 4.22. The summed E-state index contributed by atoms with van der Waals surface area (Å²) in [6, 6.07) is 8.58. The summed E-state index contributed by atoms with van der Waals surface area (Å²) in [6.07, 6.45) is 3.33. The Hall–Kier alpha value is -1.59. The zero-order chi connectivity index (χ0) is 16.5. The van der Waals surface area contributed by atoms with Gasteiger partial charge in [0.15, 0.2) is 0 Å². The number of hydrogen-bond acceptors (Lipinski definition) is 4. The second kappa shape index (κ2) is 9.53. The summed E-state index contributed by atoms with van der Waals surface area (Å²) in [7, 11) is 0. The number of benzene rings is 1. The summed E-state index contributed by atoms with van der Waals surface area (Å²) in [6.45, 7) is 4.49. The highest BCUT2D eigenvalue weighted by molar-refractivity contribution is 5.70. The average Bonchev–Trinajstić information content (AvgIpc) is 2.55. The monoisotopic (exact) mass is 321 g/mol. The standard InChI is InChI=1S/C18H27NO4/c1-2-22-10-11-23-13-14-4-3-5-17(12-14)19-16-8-6-15(7-9-16)18(20)21/h3-5,12,15-16,19H,2,6-11,13H2,1H3,(H,20,21). The van der Waals surface area contributed by atoms with Crippen LogP contribution in [-0.4, -0.2) is 36.9 Å². The molecule has 0 aromatic heterocycles. The van der Waals surface area contributed by atoms with Gasteiger partial charge in [0.25, 0.3) is 0 Å². The molecule has 128 valence electrons. The van der Waals surface area contributed by atoms with Crippen LogP contribution in [0.2, 0.25) is 0 Å². The van der Waals surface area contributed by atoms with Crippen LogP contribution < -0.4 is 5.32 Å².